The molecular weight excluding hydrogens is 456 g/mol. The molecule has 0 aromatic heterocycles. The summed E-state index contributed by atoms with van der Waals surface area (Å²) in [7, 11) is 3.15. The average molecular weight is 491 g/mol. The number of anilines is 1. The summed E-state index contributed by atoms with van der Waals surface area (Å²) in [5, 5.41) is 25.3. The molecule has 2 aromatic carbocycles. The van der Waals surface area contributed by atoms with Crippen molar-refractivity contribution in [2.24, 2.45) is 0 Å². The summed E-state index contributed by atoms with van der Waals surface area (Å²) >= 11 is 0. The summed E-state index contributed by atoms with van der Waals surface area (Å²) in [6.07, 6.45) is 0.647. The molecule has 1 heterocycles. The van der Waals surface area contributed by atoms with Gasteiger partial charge in [0, 0.05) is 44.2 Å². The molecule has 35 heavy (non-hydrogen) atoms. The fraction of sp³-hybridized carbons (Fsp3) is 0.480. The molecule has 10 heteroatoms. The van der Waals surface area contributed by atoms with Gasteiger partial charge in [-0.1, -0.05) is 0 Å². The largest absolute Gasteiger partial charge is 0.493 e. The topological polar surface area (TPSA) is 128 Å². The summed E-state index contributed by atoms with van der Waals surface area (Å²) < 4.78 is 27.7. The first-order valence-electron chi connectivity index (χ1n) is 11.6. The van der Waals surface area contributed by atoms with Gasteiger partial charge in [0.2, 0.25) is 5.91 Å². The second kappa shape index (κ2) is 13.6. The number of hydrogen-bond acceptors (Lipinski definition) is 9. The fourth-order valence-electron chi connectivity index (χ4n) is 3.60. The van der Waals surface area contributed by atoms with Gasteiger partial charge in [0.05, 0.1) is 26.5 Å². The number of aliphatic hydroxyl groups excluding tert-OH is 2. The molecule has 0 fully saturated rings. The first-order valence-corrected chi connectivity index (χ1v) is 11.6. The van der Waals surface area contributed by atoms with Gasteiger partial charge in [0.25, 0.3) is 0 Å². The highest BCUT2D eigenvalue weighted by molar-refractivity contribution is 5.96. The van der Waals surface area contributed by atoms with Crippen molar-refractivity contribution in [1.82, 2.24) is 5.32 Å². The van der Waals surface area contributed by atoms with E-state index in [4.69, 9.17) is 28.8 Å². The highest BCUT2D eigenvalue weighted by atomic mass is 16.5. The quantitative estimate of drug-likeness (QED) is 0.276. The van der Waals surface area contributed by atoms with Crippen LogP contribution in [0.2, 0.25) is 0 Å². The number of hydrogen-bond donors (Lipinski definition) is 4. The minimum absolute atomic E-state index is 0.0318. The molecule has 1 unspecified atom stereocenters. The van der Waals surface area contributed by atoms with Crippen LogP contribution in [-0.4, -0.2) is 76.0 Å². The summed E-state index contributed by atoms with van der Waals surface area (Å²) in [5.74, 6) is 2.96. The summed E-state index contributed by atoms with van der Waals surface area (Å²) in [6, 6.07) is 8.85. The number of benzene rings is 2. The van der Waals surface area contributed by atoms with E-state index in [1.54, 1.807) is 44.6 Å². The van der Waals surface area contributed by atoms with Crippen LogP contribution in [0, 0.1) is 0 Å². The Labute approximate surface area is 205 Å². The molecule has 1 aliphatic heterocycles. The highest BCUT2D eigenvalue weighted by Gasteiger charge is 2.23. The molecule has 0 bridgehead atoms. The van der Waals surface area contributed by atoms with Crippen molar-refractivity contribution in [3.63, 3.8) is 0 Å². The Kier molecular flexibility index (Phi) is 10.3. The van der Waals surface area contributed by atoms with Crippen LogP contribution in [0.1, 0.15) is 18.4 Å². The predicted octanol–water partition coefficient (Wildman–Crippen LogP) is 1.76. The lowest BCUT2D eigenvalue weighted by Crippen LogP contribution is -2.33. The van der Waals surface area contributed by atoms with Gasteiger partial charge in [-0.25, -0.2) is 0 Å². The fourth-order valence-corrected chi connectivity index (χ4v) is 3.60. The number of methoxy groups -OCH3 is 2. The number of fused-ring (bicyclic) bond motifs is 1. The van der Waals surface area contributed by atoms with Crippen molar-refractivity contribution in [2.45, 2.75) is 25.4 Å². The van der Waals surface area contributed by atoms with E-state index in [-0.39, 0.29) is 19.1 Å². The van der Waals surface area contributed by atoms with E-state index in [1.165, 1.54) is 0 Å². The first kappa shape index (κ1) is 26.4. The lowest BCUT2D eigenvalue weighted by atomic mass is 10.0. The molecule has 0 saturated carbocycles. The molecule has 1 amide bonds. The van der Waals surface area contributed by atoms with E-state index in [1.807, 2.05) is 0 Å². The van der Waals surface area contributed by atoms with Crippen LogP contribution in [-0.2, 0) is 11.2 Å². The van der Waals surface area contributed by atoms with Gasteiger partial charge in [-0.15, -0.1) is 0 Å². The zero-order chi connectivity index (χ0) is 25.0. The molecule has 1 aliphatic rings. The van der Waals surface area contributed by atoms with E-state index in [9.17, 15) is 9.90 Å². The molecule has 2 aromatic rings. The van der Waals surface area contributed by atoms with Crippen molar-refractivity contribution in [3.05, 3.63) is 35.9 Å². The maximum absolute atomic E-state index is 11.9. The maximum Gasteiger partial charge on any atom is 0.224 e. The minimum atomic E-state index is -0.731. The average Bonchev–Trinajstić information content (AvgIpc) is 2.87. The number of rotatable bonds is 15. The zero-order valence-corrected chi connectivity index (χ0v) is 20.2. The number of carbonyl (C=O) groups is 1. The van der Waals surface area contributed by atoms with E-state index >= 15 is 0 Å². The Morgan fingerprint density at radius 1 is 0.971 bits per heavy atom. The van der Waals surface area contributed by atoms with Gasteiger partial charge in [-0.3, -0.25) is 4.79 Å². The second-order valence-electron chi connectivity index (χ2n) is 7.92. The van der Waals surface area contributed by atoms with Crippen molar-refractivity contribution in [2.75, 3.05) is 59.1 Å². The van der Waals surface area contributed by atoms with E-state index in [0.29, 0.717) is 80.0 Å². The second-order valence-corrected chi connectivity index (χ2v) is 7.92. The molecule has 0 saturated heterocycles. The van der Waals surface area contributed by atoms with Gasteiger partial charge in [0.15, 0.2) is 11.5 Å². The summed E-state index contributed by atoms with van der Waals surface area (Å²) in [6.45, 7) is 1.75. The monoisotopic (exact) mass is 490 g/mol. The van der Waals surface area contributed by atoms with Crippen LogP contribution in [0.15, 0.2) is 30.3 Å². The Hall–Kier alpha value is -3.21. The molecule has 192 valence electrons. The number of carbonyl (C=O) groups excluding carboxylic acids is 1. The maximum atomic E-state index is 11.9. The first-order chi connectivity index (χ1) is 17.0. The van der Waals surface area contributed by atoms with Crippen LogP contribution in [0.5, 0.6) is 28.7 Å². The van der Waals surface area contributed by atoms with Crippen molar-refractivity contribution in [1.29, 1.82) is 0 Å². The molecule has 0 radical (unpaired) electrons. The third-order valence-electron chi connectivity index (χ3n) is 5.37. The predicted molar refractivity (Wildman–Crippen MR) is 130 cm³/mol. The van der Waals surface area contributed by atoms with Crippen LogP contribution in [0.25, 0.3) is 0 Å². The van der Waals surface area contributed by atoms with E-state index in [2.05, 4.69) is 10.6 Å². The molecule has 1 atom stereocenters. The number of aliphatic hydroxyl groups is 2. The standard InChI is InChI=1S/C25H34N2O8/c1-31-21-6-4-18(14-23(21)32-2)33-13-10-26-15-17(29)16-35-20-7-8-22(34-12-3-11-28)25-19(20)5-9-24(30)27-25/h4,6-8,14,17,26,28-29H,3,5,9-13,15-16H2,1-2H3,(H,27,30). The van der Waals surface area contributed by atoms with Crippen molar-refractivity contribution >= 4 is 11.6 Å². The molecule has 4 N–H and O–H groups in total. The van der Waals surface area contributed by atoms with E-state index < -0.39 is 6.10 Å². The van der Waals surface area contributed by atoms with Crippen molar-refractivity contribution < 1.29 is 38.7 Å². The summed E-state index contributed by atoms with van der Waals surface area (Å²) in [5.41, 5.74) is 1.44. The van der Waals surface area contributed by atoms with Crippen LogP contribution < -0.4 is 34.3 Å². The number of ether oxygens (including phenoxy) is 5. The Morgan fingerprint density at radius 2 is 1.74 bits per heavy atom. The molecule has 3 rings (SSSR count). The lowest BCUT2D eigenvalue weighted by molar-refractivity contribution is -0.116. The molecule has 0 aliphatic carbocycles. The smallest absolute Gasteiger partial charge is 0.224 e. The molecule has 10 nitrogen and oxygen atoms in total. The third kappa shape index (κ3) is 7.64. The van der Waals surface area contributed by atoms with Crippen LogP contribution in [0.4, 0.5) is 5.69 Å². The van der Waals surface area contributed by atoms with Crippen LogP contribution >= 0.6 is 0 Å². The Morgan fingerprint density at radius 3 is 2.51 bits per heavy atom. The van der Waals surface area contributed by atoms with Gasteiger partial charge in [-0.05, 0) is 30.7 Å². The van der Waals surface area contributed by atoms with Gasteiger partial charge in [0.1, 0.15) is 36.6 Å². The zero-order valence-electron chi connectivity index (χ0n) is 20.2. The number of amides is 1. The Bertz CT molecular complexity index is 969. The molecular formula is C25H34N2O8. The third-order valence-corrected chi connectivity index (χ3v) is 5.37. The lowest BCUT2D eigenvalue weighted by Gasteiger charge is -2.23. The van der Waals surface area contributed by atoms with E-state index in [0.717, 1.165) is 5.56 Å². The minimum Gasteiger partial charge on any atom is -0.493 e. The SMILES string of the molecule is COc1ccc(OCCNCC(O)COc2ccc(OCCCO)c3c2CCC(=O)N3)cc1OC. The molecule has 0 spiro atoms. The van der Waals surface area contributed by atoms with Gasteiger partial charge >= 0.3 is 0 Å². The normalized spacial score (nSPS) is 13.4. The van der Waals surface area contributed by atoms with Crippen LogP contribution in [0.3, 0.4) is 0 Å². The summed E-state index contributed by atoms with van der Waals surface area (Å²) in [4.78, 5) is 11.9. The van der Waals surface area contributed by atoms with Gasteiger partial charge in [-0.2, -0.15) is 0 Å². The Balaban J connectivity index is 1.43. The van der Waals surface area contributed by atoms with Crippen molar-refractivity contribution in [3.8, 4) is 28.7 Å². The van der Waals surface area contributed by atoms with Gasteiger partial charge < -0.3 is 44.5 Å². The number of nitrogens with one attached hydrogen (secondary N) is 2. The highest BCUT2D eigenvalue weighted by Crippen LogP contribution is 2.39.